The van der Waals surface area contributed by atoms with Crippen LogP contribution in [0.4, 0.5) is 0 Å². The predicted molar refractivity (Wildman–Crippen MR) is 183 cm³/mol. The first-order chi connectivity index (χ1) is 22.3. The Hall–Kier alpha value is -4.08. The Kier molecular flexibility index (Phi) is 12.3. The lowest BCUT2D eigenvalue weighted by molar-refractivity contribution is -0.0643. The van der Waals surface area contributed by atoms with Crippen molar-refractivity contribution in [1.82, 2.24) is 0 Å². The Bertz CT molecular complexity index is 1500. The van der Waals surface area contributed by atoms with Crippen molar-refractivity contribution in [1.29, 1.82) is 0 Å². The van der Waals surface area contributed by atoms with Gasteiger partial charge in [-0.05, 0) is 77.7 Å². The summed E-state index contributed by atoms with van der Waals surface area (Å²) in [6.45, 7) is 10.9. The molecule has 0 amide bonds. The highest BCUT2D eigenvalue weighted by atomic mass is 16.5. The second-order valence-corrected chi connectivity index (χ2v) is 13.0. The van der Waals surface area contributed by atoms with Gasteiger partial charge in [-0.25, -0.2) is 0 Å². The smallest absolute Gasteiger partial charge is 0.119 e. The van der Waals surface area contributed by atoms with Gasteiger partial charge in [0.25, 0.3) is 0 Å². The lowest BCUT2D eigenvalue weighted by atomic mass is 9.78. The maximum Gasteiger partial charge on any atom is 0.119 e. The van der Waals surface area contributed by atoms with Crippen LogP contribution in [-0.2, 0) is 20.3 Å². The molecular weight excluding hydrogens is 596 g/mol. The van der Waals surface area contributed by atoms with E-state index < -0.39 is 12.2 Å². The summed E-state index contributed by atoms with van der Waals surface area (Å²) < 4.78 is 22.8. The predicted octanol–water partition coefficient (Wildman–Crippen LogP) is 6.35. The van der Waals surface area contributed by atoms with E-state index in [0.717, 1.165) is 22.3 Å². The average Bonchev–Trinajstić information content (AvgIpc) is 3.06. The summed E-state index contributed by atoms with van der Waals surface area (Å²) in [6.07, 6.45) is -1.92. The SMILES string of the molecule is CC(COCC(O)COc1ccc(C(C)(C)c2ccc(O)cc2)cc1)OCC(O)COc1ccc(C(C)(C)c2ccc(O)cc2)cc1. The van der Waals surface area contributed by atoms with Crippen LogP contribution < -0.4 is 9.47 Å². The van der Waals surface area contributed by atoms with E-state index in [0.29, 0.717) is 11.5 Å². The first-order valence-electron chi connectivity index (χ1n) is 16.0. The third-order valence-corrected chi connectivity index (χ3v) is 8.45. The van der Waals surface area contributed by atoms with Gasteiger partial charge in [0.05, 0.1) is 25.9 Å². The largest absolute Gasteiger partial charge is 0.508 e. The number of phenolic OH excluding ortho intramolecular Hbond substituents is 2. The minimum Gasteiger partial charge on any atom is -0.508 e. The number of phenols is 2. The van der Waals surface area contributed by atoms with Gasteiger partial charge >= 0.3 is 0 Å². The Morgan fingerprint density at radius 3 is 1.21 bits per heavy atom. The molecule has 0 aromatic heterocycles. The highest BCUT2D eigenvalue weighted by Crippen LogP contribution is 2.34. The van der Waals surface area contributed by atoms with E-state index in [-0.39, 0.29) is 61.5 Å². The molecule has 4 aromatic rings. The van der Waals surface area contributed by atoms with E-state index in [1.54, 1.807) is 24.3 Å². The van der Waals surface area contributed by atoms with Crippen LogP contribution in [0.3, 0.4) is 0 Å². The van der Waals surface area contributed by atoms with Crippen molar-refractivity contribution in [3.8, 4) is 23.0 Å². The number of hydrogen-bond donors (Lipinski definition) is 4. The third kappa shape index (κ3) is 10.2. The van der Waals surface area contributed by atoms with Crippen molar-refractivity contribution in [2.45, 2.75) is 63.8 Å². The average molecular weight is 645 g/mol. The van der Waals surface area contributed by atoms with Crippen LogP contribution in [0.25, 0.3) is 0 Å². The van der Waals surface area contributed by atoms with Gasteiger partial charge in [-0.15, -0.1) is 0 Å². The standard InChI is InChI=1S/C39H48O8/c1-27(45-24-35(43)26-47-37-20-12-31(13-21-37)39(4,5)29-8-16-33(41)17-9-29)22-44-23-34(42)25-46-36-18-10-30(11-19-36)38(2,3)28-6-14-32(40)15-7-28/h6-21,27,34-35,40-43H,22-26H2,1-5H3. The number of hydrogen-bond acceptors (Lipinski definition) is 8. The number of aliphatic hydroxyl groups is 2. The molecule has 0 aliphatic heterocycles. The van der Waals surface area contributed by atoms with Crippen LogP contribution in [0.5, 0.6) is 23.0 Å². The number of rotatable bonds is 17. The Balaban J connectivity index is 1.10. The molecule has 0 spiro atoms. The Labute approximate surface area is 278 Å². The van der Waals surface area contributed by atoms with E-state index in [4.69, 9.17) is 18.9 Å². The summed E-state index contributed by atoms with van der Waals surface area (Å²) >= 11 is 0. The maximum atomic E-state index is 10.4. The normalized spacial score (nSPS) is 13.9. The van der Waals surface area contributed by atoms with Gasteiger partial charge in [-0.1, -0.05) is 76.2 Å². The molecule has 3 atom stereocenters. The molecule has 0 fully saturated rings. The Morgan fingerprint density at radius 2 is 0.830 bits per heavy atom. The molecule has 3 unspecified atom stereocenters. The molecule has 252 valence electrons. The van der Waals surface area contributed by atoms with Crippen molar-refractivity contribution >= 4 is 0 Å². The summed E-state index contributed by atoms with van der Waals surface area (Å²) in [5.74, 6) is 1.78. The van der Waals surface area contributed by atoms with Crippen molar-refractivity contribution in [2.75, 3.05) is 33.0 Å². The van der Waals surface area contributed by atoms with Gasteiger partial charge in [0, 0.05) is 10.8 Å². The minimum absolute atomic E-state index is 0.0830. The minimum atomic E-state index is -0.817. The highest BCUT2D eigenvalue weighted by Gasteiger charge is 2.24. The van der Waals surface area contributed by atoms with E-state index in [1.165, 1.54) is 0 Å². The van der Waals surface area contributed by atoms with Crippen molar-refractivity contribution in [2.24, 2.45) is 0 Å². The van der Waals surface area contributed by atoms with Gasteiger partial charge in [-0.2, -0.15) is 0 Å². The van der Waals surface area contributed by atoms with Gasteiger partial charge in [0.1, 0.15) is 48.4 Å². The molecule has 4 aromatic carbocycles. The fourth-order valence-corrected chi connectivity index (χ4v) is 5.20. The van der Waals surface area contributed by atoms with Gasteiger partial charge in [0.15, 0.2) is 0 Å². The van der Waals surface area contributed by atoms with Crippen molar-refractivity contribution in [3.63, 3.8) is 0 Å². The summed E-state index contributed by atoms with van der Waals surface area (Å²) in [5, 5.41) is 39.9. The van der Waals surface area contributed by atoms with Crippen LogP contribution in [0.1, 0.15) is 56.9 Å². The monoisotopic (exact) mass is 644 g/mol. The summed E-state index contributed by atoms with van der Waals surface area (Å²) in [5.41, 5.74) is 3.89. The molecule has 8 heteroatoms. The van der Waals surface area contributed by atoms with E-state index in [1.807, 2.05) is 79.7 Å². The molecule has 0 radical (unpaired) electrons. The first kappa shape index (κ1) is 35.8. The van der Waals surface area contributed by atoms with E-state index in [2.05, 4.69) is 27.7 Å². The molecular formula is C39H48O8. The zero-order valence-corrected chi connectivity index (χ0v) is 27.9. The van der Waals surface area contributed by atoms with Gasteiger partial charge in [0.2, 0.25) is 0 Å². The van der Waals surface area contributed by atoms with Crippen LogP contribution in [0.2, 0.25) is 0 Å². The zero-order chi connectivity index (χ0) is 34.0. The lowest BCUT2D eigenvalue weighted by Gasteiger charge is -2.26. The van der Waals surface area contributed by atoms with Crippen molar-refractivity contribution in [3.05, 3.63) is 119 Å². The topological polar surface area (TPSA) is 118 Å². The van der Waals surface area contributed by atoms with Gasteiger partial charge in [-0.3, -0.25) is 0 Å². The molecule has 0 aliphatic carbocycles. The second kappa shape index (κ2) is 16.2. The fourth-order valence-electron chi connectivity index (χ4n) is 5.20. The number of aromatic hydroxyl groups is 2. The molecule has 0 heterocycles. The molecule has 0 bridgehead atoms. The molecule has 4 N–H and O–H groups in total. The van der Waals surface area contributed by atoms with Crippen LogP contribution >= 0.6 is 0 Å². The zero-order valence-electron chi connectivity index (χ0n) is 27.9. The summed E-state index contributed by atoms with van der Waals surface area (Å²) in [7, 11) is 0. The summed E-state index contributed by atoms with van der Waals surface area (Å²) in [6, 6.07) is 30.0. The molecule has 8 nitrogen and oxygen atoms in total. The van der Waals surface area contributed by atoms with Crippen LogP contribution in [-0.4, -0.2) is 71.8 Å². The highest BCUT2D eigenvalue weighted by molar-refractivity contribution is 5.43. The second-order valence-electron chi connectivity index (χ2n) is 13.0. The maximum absolute atomic E-state index is 10.4. The Morgan fingerprint density at radius 1 is 0.489 bits per heavy atom. The first-order valence-corrected chi connectivity index (χ1v) is 16.0. The lowest BCUT2D eigenvalue weighted by Crippen LogP contribution is -2.29. The van der Waals surface area contributed by atoms with Crippen molar-refractivity contribution < 1.29 is 39.4 Å². The quantitative estimate of drug-likeness (QED) is 0.105. The van der Waals surface area contributed by atoms with Gasteiger partial charge < -0.3 is 39.4 Å². The molecule has 4 rings (SSSR count). The van der Waals surface area contributed by atoms with Crippen LogP contribution in [0.15, 0.2) is 97.1 Å². The number of benzene rings is 4. The number of ether oxygens (including phenoxy) is 4. The van der Waals surface area contributed by atoms with E-state index in [9.17, 15) is 20.4 Å². The van der Waals surface area contributed by atoms with Crippen LogP contribution in [0, 0.1) is 0 Å². The van der Waals surface area contributed by atoms with E-state index >= 15 is 0 Å². The molecule has 47 heavy (non-hydrogen) atoms. The molecule has 0 saturated carbocycles. The third-order valence-electron chi connectivity index (χ3n) is 8.45. The molecule has 0 saturated heterocycles. The summed E-state index contributed by atoms with van der Waals surface area (Å²) in [4.78, 5) is 0. The fraction of sp³-hybridized carbons (Fsp3) is 0.385. The number of aliphatic hydroxyl groups excluding tert-OH is 2. The molecule has 0 aliphatic rings.